The molecule has 0 bridgehead atoms. The number of aryl methyl sites for hydroxylation is 1. The fourth-order valence-electron chi connectivity index (χ4n) is 0.945. The summed E-state index contributed by atoms with van der Waals surface area (Å²) in [6.45, 7) is 3.85. The summed E-state index contributed by atoms with van der Waals surface area (Å²) >= 11 is 0. The highest BCUT2D eigenvalue weighted by Gasteiger charge is 1.88. The monoisotopic (exact) mass is 157 g/mol. The van der Waals surface area contributed by atoms with Gasteiger partial charge in [0.1, 0.15) is 0 Å². The van der Waals surface area contributed by atoms with Crippen LogP contribution in [0, 0.1) is 18.3 Å². The molecule has 1 rings (SSSR count). The van der Waals surface area contributed by atoms with Gasteiger partial charge >= 0.3 is 0 Å². The highest BCUT2D eigenvalue weighted by atomic mass is 14.2. The zero-order chi connectivity index (χ0) is 8.97. The summed E-state index contributed by atoms with van der Waals surface area (Å²) in [6.07, 6.45) is 1.87. The molecule has 0 aromatic heterocycles. The van der Waals surface area contributed by atoms with Crippen LogP contribution in [0.1, 0.15) is 18.1 Å². The SMILES string of the molecule is CC(C#N)=Cc1ccc(C)cc1. The zero-order valence-corrected chi connectivity index (χ0v) is 7.33. The Balaban J connectivity index is 2.93. The van der Waals surface area contributed by atoms with E-state index >= 15 is 0 Å². The molecule has 0 aliphatic carbocycles. The molecule has 0 N–H and O–H groups in total. The van der Waals surface area contributed by atoms with Crippen LogP contribution >= 0.6 is 0 Å². The van der Waals surface area contributed by atoms with Gasteiger partial charge in [0.2, 0.25) is 0 Å². The van der Waals surface area contributed by atoms with Crippen LogP contribution in [0.4, 0.5) is 0 Å². The summed E-state index contributed by atoms with van der Waals surface area (Å²) in [6, 6.07) is 10.2. The van der Waals surface area contributed by atoms with Gasteiger partial charge in [0.15, 0.2) is 0 Å². The van der Waals surface area contributed by atoms with E-state index in [-0.39, 0.29) is 0 Å². The highest BCUT2D eigenvalue weighted by Crippen LogP contribution is 2.07. The summed E-state index contributed by atoms with van der Waals surface area (Å²) in [5.41, 5.74) is 3.06. The standard InChI is InChI=1S/C11H11N/c1-9-3-5-11(6-4-9)7-10(2)8-12/h3-7H,1-2H3. The highest BCUT2D eigenvalue weighted by molar-refractivity contribution is 5.56. The van der Waals surface area contributed by atoms with Gasteiger partial charge in [0, 0.05) is 5.57 Å². The van der Waals surface area contributed by atoms with Crippen molar-refractivity contribution in [3.63, 3.8) is 0 Å². The average molecular weight is 157 g/mol. The first-order valence-electron chi connectivity index (χ1n) is 3.87. The quantitative estimate of drug-likeness (QED) is 0.575. The Morgan fingerprint density at radius 3 is 2.42 bits per heavy atom. The number of hydrogen-bond acceptors (Lipinski definition) is 1. The maximum absolute atomic E-state index is 8.53. The molecule has 0 radical (unpaired) electrons. The number of hydrogen-bond donors (Lipinski definition) is 0. The molecule has 0 aliphatic heterocycles. The van der Waals surface area contributed by atoms with Gasteiger partial charge in [-0.1, -0.05) is 29.8 Å². The van der Waals surface area contributed by atoms with Crippen LogP contribution in [-0.4, -0.2) is 0 Å². The van der Waals surface area contributed by atoms with Crippen LogP contribution < -0.4 is 0 Å². The molecule has 1 heteroatoms. The maximum atomic E-state index is 8.53. The topological polar surface area (TPSA) is 23.8 Å². The Hall–Kier alpha value is -1.55. The van der Waals surface area contributed by atoms with Crippen molar-refractivity contribution in [3.8, 4) is 6.07 Å². The number of nitrogens with zero attached hydrogens (tertiary/aromatic N) is 1. The molecule has 0 amide bonds. The molecule has 0 saturated heterocycles. The van der Waals surface area contributed by atoms with Crippen molar-refractivity contribution in [2.45, 2.75) is 13.8 Å². The first-order valence-corrected chi connectivity index (χ1v) is 3.87. The van der Waals surface area contributed by atoms with Gasteiger partial charge in [-0.25, -0.2) is 0 Å². The molecule has 0 fully saturated rings. The Morgan fingerprint density at radius 2 is 1.92 bits per heavy atom. The molecule has 0 aliphatic rings. The molecule has 0 atom stereocenters. The Morgan fingerprint density at radius 1 is 1.33 bits per heavy atom. The molecule has 12 heavy (non-hydrogen) atoms. The summed E-state index contributed by atoms with van der Waals surface area (Å²) in [5, 5.41) is 8.53. The largest absolute Gasteiger partial charge is 0.193 e. The Bertz CT molecular complexity index is 325. The van der Waals surface area contributed by atoms with Crippen molar-refractivity contribution < 1.29 is 0 Å². The van der Waals surface area contributed by atoms with E-state index in [0.29, 0.717) is 0 Å². The van der Waals surface area contributed by atoms with E-state index in [4.69, 9.17) is 5.26 Å². The van der Waals surface area contributed by atoms with E-state index in [1.54, 1.807) is 6.92 Å². The molecule has 60 valence electrons. The lowest BCUT2D eigenvalue weighted by Gasteiger charge is -1.94. The average Bonchev–Trinajstić information content (AvgIpc) is 2.09. The molecule has 0 unspecified atom stereocenters. The van der Waals surface area contributed by atoms with Gasteiger partial charge in [-0.05, 0) is 25.5 Å². The minimum Gasteiger partial charge on any atom is -0.193 e. The van der Waals surface area contributed by atoms with E-state index < -0.39 is 0 Å². The van der Waals surface area contributed by atoms with Gasteiger partial charge in [-0.15, -0.1) is 0 Å². The molecule has 0 saturated carbocycles. The lowest BCUT2D eigenvalue weighted by atomic mass is 10.1. The predicted octanol–water partition coefficient (Wildman–Crippen LogP) is 2.92. The lowest BCUT2D eigenvalue weighted by molar-refractivity contribution is 1.44. The summed E-state index contributed by atoms with van der Waals surface area (Å²) in [4.78, 5) is 0. The summed E-state index contributed by atoms with van der Waals surface area (Å²) in [5.74, 6) is 0. The Labute approximate surface area is 73.0 Å². The molecule has 0 heterocycles. The van der Waals surface area contributed by atoms with Crippen LogP contribution in [0.15, 0.2) is 29.8 Å². The summed E-state index contributed by atoms with van der Waals surface area (Å²) in [7, 11) is 0. The molecule has 0 spiro atoms. The van der Waals surface area contributed by atoms with Gasteiger partial charge < -0.3 is 0 Å². The number of rotatable bonds is 1. The summed E-state index contributed by atoms with van der Waals surface area (Å²) < 4.78 is 0. The second-order valence-corrected chi connectivity index (χ2v) is 2.85. The first-order chi connectivity index (χ1) is 5.72. The first kappa shape index (κ1) is 8.55. The molecular weight excluding hydrogens is 146 g/mol. The van der Waals surface area contributed by atoms with Gasteiger partial charge in [0.05, 0.1) is 6.07 Å². The minimum atomic E-state index is 0.735. The van der Waals surface area contributed by atoms with E-state index in [0.717, 1.165) is 11.1 Å². The van der Waals surface area contributed by atoms with Crippen molar-refractivity contribution in [1.29, 1.82) is 5.26 Å². The van der Waals surface area contributed by atoms with Gasteiger partial charge in [-0.2, -0.15) is 5.26 Å². The molecule has 1 nitrogen and oxygen atoms in total. The lowest BCUT2D eigenvalue weighted by Crippen LogP contribution is -1.75. The van der Waals surface area contributed by atoms with Crippen LogP contribution in [0.3, 0.4) is 0 Å². The number of nitriles is 1. The second-order valence-electron chi connectivity index (χ2n) is 2.85. The zero-order valence-electron chi connectivity index (χ0n) is 7.33. The normalized spacial score (nSPS) is 10.9. The number of benzene rings is 1. The molecule has 1 aromatic carbocycles. The third kappa shape index (κ3) is 2.25. The van der Waals surface area contributed by atoms with Crippen molar-refractivity contribution in [2.75, 3.05) is 0 Å². The third-order valence-corrected chi connectivity index (χ3v) is 1.64. The van der Waals surface area contributed by atoms with Gasteiger partial charge in [-0.3, -0.25) is 0 Å². The third-order valence-electron chi connectivity index (χ3n) is 1.64. The maximum Gasteiger partial charge on any atom is 0.0944 e. The van der Waals surface area contributed by atoms with Crippen molar-refractivity contribution in [2.24, 2.45) is 0 Å². The second kappa shape index (κ2) is 3.73. The van der Waals surface area contributed by atoms with Gasteiger partial charge in [0.25, 0.3) is 0 Å². The molecular formula is C11H11N. The fourth-order valence-corrected chi connectivity index (χ4v) is 0.945. The smallest absolute Gasteiger partial charge is 0.0944 e. The minimum absolute atomic E-state index is 0.735. The fraction of sp³-hybridized carbons (Fsp3) is 0.182. The van der Waals surface area contributed by atoms with E-state index in [2.05, 4.69) is 6.07 Å². The van der Waals surface area contributed by atoms with Crippen LogP contribution in [0.25, 0.3) is 6.08 Å². The molecule has 1 aromatic rings. The van der Waals surface area contributed by atoms with E-state index in [1.165, 1.54) is 5.56 Å². The van der Waals surface area contributed by atoms with E-state index in [9.17, 15) is 0 Å². The van der Waals surface area contributed by atoms with E-state index in [1.807, 2.05) is 37.3 Å². The predicted molar refractivity (Wildman–Crippen MR) is 50.4 cm³/mol. The number of allylic oxidation sites excluding steroid dienone is 1. The van der Waals surface area contributed by atoms with Crippen molar-refractivity contribution in [1.82, 2.24) is 0 Å². The van der Waals surface area contributed by atoms with Crippen molar-refractivity contribution in [3.05, 3.63) is 41.0 Å². The Kier molecular flexibility index (Phi) is 2.66. The van der Waals surface area contributed by atoms with Crippen LogP contribution in [0.2, 0.25) is 0 Å². The van der Waals surface area contributed by atoms with Crippen molar-refractivity contribution >= 4 is 6.08 Å². The van der Waals surface area contributed by atoms with Crippen LogP contribution in [-0.2, 0) is 0 Å². The van der Waals surface area contributed by atoms with Crippen LogP contribution in [0.5, 0.6) is 0 Å².